The molecule has 0 unspecified atom stereocenters. The normalized spacial score (nSPS) is 8.80. The summed E-state index contributed by atoms with van der Waals surface area (Å²) >= 11 is 0. The summed E-state index contributed by atoms with van der Waals surface area (Å²) in [6.07, 6.45) is 3.69. The molecule has 0 aliphatic rings. The van der Waals surface area contributed by atoms with Crippen LogP contribution in [0.4, 0.5) is 0 Å². The lowest BCUT2D eigenvalue weighted by atomic mass is 10.7. The molecule has 0 aliphatic carbocycles. The van der Waals surface area contributed by atoms with E-state index in [9.17, 15) is 0 Å². The molecule has 0 fully saturated rings. The fourth-order valence-corrected chi connectivity index (χ4v) is 0.0393. The van der Waals surface area contributed by atoms with E-state index < -0.39 is 0 Å². The van der Waals surface area contributed by atoms with Gasteiger partial charge < -0.3 is 5.73 Å². The van der Waals surface area contributed by atoms with E-state index in [1.54, 1.807) is 0 Å². The predicted octanol–water partition coefficient (Wildman–Crippen LogP) is -0.431. The van der Waals surface area contributed by atoms with Gasteiger partial charge in [0.25, 0.3) is 0 Å². The van der Waals surface area contributed by atoms with Crippen LogP contribution in [0.3, 0.4) is 0 Å². The van der Waals surface area contributed by atoms with E-state index in [4.69, 9.17) is 10.5 Å². The average molecular weight is 70.1 g/mol. The van der Waals surface area contributed by atoms with Gasteiger partial charge in [-0.1, -0.05) is 0 Å². The van der Waals surface area contributed by atoms with E-state index in [1.807, 2.05) is 0 Å². The number of allylic oxidation sites excluding steroid dienone is 1. The zero-order valence-corrected chi connectivity index (χ0v) is 2.64. The van der Waals surface area contributed by atoms with Gasteiger partial charge in [0.05, 0.1) is 0 Å². The standard InChI is InChI=1S/C3H4NO/c4-2-1-3-5/h1-2H,4H2. The Morgan fingerprint density at radius 1 is 1.80 bits per heavy atom. The van der Waals surface area contributed by atoms with E-state index in [2.05, 4.69) is 0 Å². The van der Waals surface area contributed by atoms with Gasteiger partial charge in [-0.05, 0) is 6.20 Å². The minimum absolute atomic E-state index is 1.10. The summed E-state index contributed by atoms with van der Waals surface area (Å²) in [5.41, 5.74) is 4.70. The van der Waals surface area contributed by atoms with Gasteiger partial charge in [0.2, 0.25) is 6.29 Å². The van der Waals surface area contributed by atoms with Crippen LogP contribution in [0.5, 0.6) is 0 Å². The fraction of sp³-hybridized carbons (Fsp3) is 0. The molecule has 0 saturated carbocycles. The van der Waals surface area contributed by atoms with Crippen LogP contribution in [0.2, 0.25) is 0 Å². The lowest BCUT2D eigenvalue weighted by Crippen LogP contribution is -1.73. The van der Waals surface area contributed by atoms with Gasteiger partial charge in [-0.2, -0.15) is 0 Å². The highest BCUT2D eigenvalue weighted by atomic mass is 16.1. The molecule has 0 heterocycles. The molecule has 0 atom stereocenters. The SMILES string of the molecule is NC=C[C]=O. The smallest absolute Gasteiger partial charge is 0.227 e. The first-order valence-electron chi connectivity index (χ1n) is 1.16. The van der Waals surface area contributed by atoms with Gasteiger partial charge in [-0.3, -0.25) is 4.79 Å². The minimum atomic E-state index is 1.10. The minimum Gasteiger partial charge on any atom is -0.404 e. The van der Waals surface area contributed by atoms with E-state index in [1.165, 1.54) is 6.29 Å². The van der Waals surface area contributed by atoms with Gasteiger partial charge in [-0.15, -0.1) is 0 Å². The van der Waals surface area contributed by atoms with Crippen LogP contribution in [0, 0.1) is 0 Å². The fourth-order valence-electron chi connectivity index (χ4n) is 0.0393. The van der Waals surface area contributed by atoms with Gasteiger partial charge >= 0.3 is 0 Å². The summed E-state index contributed by atoms with van der Waals surface area (Å²) in [6, 6.07) is 0. The Balaban J connectivity index is 2.92. The molecule has 0 saturated heterocycles. The first-order valence-corrected chi connectivity index (χ1v) is 1.16. The Hall–Kier alpha value is -0.790. The van der Waals surface area contributed by atoms with Crippen LogP contribution in [0.1, 0.15) is 0 Å². The van der Waals surface area contributed by atoms with E-state index in [0.29, 0.717) is 0 Å². The molecular formula is C3H4NO. The Kier molecular flexibility index (Phi) is 2.70. The molecule has 0 aromatic heterocycles. The lowest BCUT2D eigenvalue weighted by molar-refractivity contribution is 0.564. The Labute approximate surface area is 30.3 Å². The van der Waals surface area contributed by atoms with Crippen molar-refractivity contribution in [1.82, 2.24) is 0 Å². The number of hydrogen-bond acceptors (Lipinski definition) is 2. The van der Waals surface area contributed by atoms with Crippen molar-refractivity contribution in [2.24, 2.45) is 5.73 Å². The maximum Gasteiger partial charge on any atom is 0.227 e. The lowest BCUT2D eigenvalue weighted by Gasteiger charge is -1.53. The Morgan fingerprint density at radius 2 is 2.40 bits per heavy atom. The van der Waals surface area contributed by atoms with Crippen molar-refractivity contribution in [3.63, 3.8) is 0 Å². The van der Waals surface area contributed by atoms with Crippen molar-refractivity contribution < 1.29 is 4.79 Å². The summed E-state index contributed by atoms with van der Waals surface area (Å²) in [5.74, 6) is 0. The van der Waals surface area contributed by atoms with Crippen molar-refractivity contribution >= 4 is 6.29 Å². The first kappa shape index (κ1) is 4.21. The molecule has 0 aromatic rings. The summed E-state index contributed by atoms with van der Waals surface area (Å²) in [7, 11) is 0. The third kappa shape index (κ3) is 3.21. The monoisotopic (exact) mass is 70.0 g/mol. The first-order chi connectivity index (χ1) is 2.41. The van der Waals surface area contributed by atoms with Crippen LogP contribution >= 0.6 is 0 Å². The van der Waals surface area contributed by atoms with Crippen LogP contribution in [-0.4, -0.2) is 6.29 Å². The molecule has 0 aromatic carbocycles. The highest BCUT2D eigenvalue weighted by molar-refractivity contribution is 5.65. The third-order valence-corrected chi connectivity index (χ3v) is 0.164. The second-order valence-corrected chi connectivity index (χ2v) is 0.477. The maximum atomic E-state index is 9.11. The highest BCUT2D eigenvalue weighted by Crippen LogP contribution is 1.44. The molecule has 5 heavy (non-hydrogen) atoms. The molecule has 0 rings (SSSR count). The third-order valence-electron chi connectivity index (χ3n) is 0.164. The van der Waals surface area contributed by atoms with Crippen molar-refractivity contribution in [3.8, 4) is 0 Å². The molecule has 0 aliphatic heterocycles. The summed E-state index contributed by atoms with van der Waals surface area (Å²) in [4.78, 5) is 9.11. The molecule has 1 radical (unpaired) electrons. The largest absolute Gasteiger partial charge is 0.404 e. The molecule has 2 N–H and O–H groups in total. The maximum absolute atomic E-state index is 9.11. The van der Waals surface area contributed by atoms with Crippen LogP contribution in [0.25, 0.3) is 0 Å². The topological polar surface area (TPSA) is 43.1 Å². The second-order valence-electron chi connectivity index (χ2n) is 0.477. The molecule has 0 amide bonds. The van der Waals surface area contributed by atoms with E-state index in [-0.39, 0.29) is 0 Å². The quantitative estimate of drug-likeness (QED) is 0.425. The van der Waals surface area contributed by atoms with E-state index >= 15 is 0 Å². The predicted molar refractivity (Wildman–Crippen MR) is 19.0 cm³/mol. The number of nitrogens with two attached hydrogens (primary N) is 1. The van der Waals surface area contributed by atoms with Crippen molar-refractivity contribution in [3.05, 3.63) is 12.3 Å². The molecule has 2 nitrogen and oxygen atoms in total. The van der Waals surface area contributed by atoms with Crippen molar-refractivity contribution in [2.75, 3.05) is 0 Å². The van der Waals surface area contributed by atoms with Crippen molar-refractivity contribution in [2.45, 2.75) is 0 Å². The van der Waals surface area contributed by atoms with Crippen LogP contribution in [0.15, 0.2) is 12.3 Å². The van der Waals surface area contributed by atoms with Gasteiger partial charge in [0.15, 0.2) is 0 Å². The summed E-state index contributed by atoms with van der Waals surface area (Å²) < 4.78 is 0. The second kappa shape index (κ2) is 3.21. The molecular weight excluding hydrogens is 66.0 g/mol. The van der Waals surface area contributed by atoms with Gasteiger partial charge in [0, 0.05) is 6.08 Å². The average Bonchev–Trinajstić information content (AvgIpc) is 1.41. The zero-order chi connectivity index (χ0) is 4.12. The van der Waals surface area contributed by atoms with Crippen molar-refractivity contribution in [1.29, 1.82) is 0 Å². The summed E-state index contributed by atoms with van der Waals surface area (Å²) in [5, 5.41) is 0. The van der Waals surface area contributed by atoms with E-state index in [0.717, 1.165) is 12.3 Å². The number of rotatable bonds is 1. The van der Waals surface area contributed by atoms with Gasteiger partial charge in [-0.25, -0.2) is 0 Å². The molecule has 2 heteroatoms. The molecule has 27 valence electrons. The summed E-state index contributed by atoms with van der Waals surface area (Å²) in [6.45, 7) is 0. The Bertz CT molecular complexity index is 48.9. The number of carbonyl (C=O) groups excluding carboxylic acids is 1. The van der Waals surface area contributed by atoms with Crippen LogP contribution in [-0.2, 0) is 4.79 Å². The highest BCUT2D eigenvalue weighted by Gasteiger charge is 1.51. The molecule has 0 bridgehead atoms. The molecule has 0 spiro atoms. The Morgan fingerprint density at radius 3 is 2.40 bits per heavy atom. The zero-order valence-electron chi connectivity index (χ0n) is 2.64. The number of hydrogen-bond donors (Lipinski definition) is 1. The van der Waals surface area contributed by atoms with Crippen LogP contribution < -0.4 is 5.73 Å². The van der Waals surface area contributed by atoms with Gasteiger partial charge in [0.1, 0.15) is 0 Å².